The third kappa shape index (κ3) is 7.43. The molecule has 0 saturated carbocycles. The number of ether oxygens (including phenoxy) is 1. The standard InChI is InChI=1S/C21H29N5O8/c1-10(28)24-17-13(8-15(20(32)33)34-19(17)18(31)14(29)9-27)25-21(23)26-16(30)7-4-11-2-5-12(22)6-3-11/h2-3,5-6,8,13-14,17-19,27,29,31H,4,7,9,22H2,1H3,(H,24,28)(H,32,33)(H3,23,25,26,30)/t13-,14+,17+,18+,19+/m0/s1. The Balaban J connectivity index is 2.21. The van der Waals surface area contributed by atoms with Crippen LogP contribution in [0.2, 0.25) is 0 Å². The summed E-state index contributed by atoms with van der Waals surface area (Å²) in [5, 5.41) is 43.6. The zero-order valence-corrected chi connectivity index (χ0v) is 18.4. The van der Waals surface area contributed by atoms with Crippen LogP contribution in [0.4, 0.5) is 5.69 Å². The van der Waals surface area contributed by atoms with E-state index in [0.717, 1.165) is 11.6 Å². The van der Waals surface area contributed by atoms with Crippen molar-refractivity contribution in [3.8, 4) is 0 Å². The van der Waals surface area contributed by atoms with Gasteiger partial charge in [-0.1, -0.05) is 12.1 Å². The van der Waals surface area contributed by atoms with E-state index in [1.54, 1.807) is 24.3 Å². The Kier molecular flexibility index (Phi) is 9.36. The van der Waals surface area contributed by atoms with Crippen LogP contribution < -0.4 is 22.1 Å². The highest BCUT2D eigenvalue weighted by Gasteiger charge is 2.43. The Morgan fingerprint density at radius 3 is 2.41 bits per heavy atom. The fourth-order valence-electron chi connectivity index (χ4n) is 3.30. The molecule has 0 unspecified atom stereocenters. The van der Waals surface area contributed by atoms with Gasteiger partial charge in [0, 0.05) is 19.0 Å². The molecule has 34 heavy (non-hydrogen) atoms. The molecule has 0 saturated heterocycles. The SMILES string of the molecule is CC(=O)N[C@H]1[C@H]([C@H](O)[C@H](O)CO)OC(C(=O)O)=C[C@@H]1N=C(N)NC(=O)CCc1ccc(N)cc1. The van der Waals surface area contributed by atoms with Gasteiger partial charge in [-0.25, -0.2) is 9.79 Å². The molecule has 2 amide bonds. The van der Waals surface area contributed by atoms with E-state index in [1.807, 2.05) is 0 Å². The van der Waals surface area contributed by atoms with E-state index in [1.165, 1.54) is 6.92 Å². The number of carboxylic acid groups (broad SMARTS) is 1. The zero-order chi connectivity index (χ0) is 25.4. The van der Waals surface area contributed by atoms with Gasteiger partial charge < -0.3 is 41.9 Å². The monoisotopic (exact) mass is 479 g/mol. The number of hydrogen-bond donors (Lipinski definition) is 8. The van der Waals surface area contributed by atoms with E-state index in [9.17, 15) is 29.7 Å². The molecule has 1 aromatic carbocycles. The molecule has 0 spiro atoms. The number of aryl methyl sites for hydroxylation is 1. The Hall–Kier alpha value is -3.68. The molecule has 186 valence electrons. The minimum atomic E-state index is -1.78. The highest BCUT2D eigenvalue weighted by molar-refractivity contribution is 5.96. The van der Waals surface area contributed by atoms with E-state index in [4.69, 9.17) is 21.3 Å². The maximum atomic E-state index is 12.3. The highest BCUT2D eigenvalue weighted by atomic mass is 16.5. The minimum Gasteiger partial charge on any atom is -0.478 e. The molecule has 0 bridgehead atoms. The molecule has 5 atom stereocenters. The molecule has 0 aromatic heterocycles. The van der Waals surface area contributed by atoms with E-state index in [2.05, 4.69) is 15.6 Å². The second-order valence-corrected chi connectivity index (χ2v) is 7.68. The number of benzene rings is 1. The summed E-state index contributed by atoms with van der Waals surface area (Å²) in [5.41, 5.74) is 12.9. The fraction of sp³-hybridized carbons (Fsp3) is 0.429. The number of aliphatic imine (C=N–C) groups is 1. The molecule has 1 aromatic rings. The number of aliphatic hydroxyl groups excluding tert-OH is 3. The number of carbonyl (C=O) groups is 3. The van der Waals surface area contributed by atoms with Crippen molar-refractivity contribution in [2.45, 2.75) is 50.2 Å². The first-order valence-corrected chi connectivity index (χ1v) is 10.3. The average Bonchev–Trinajstić information content (AvgIpc) is 2.78. The van der Waals surface area contributed by atoms with Crippen LogP contribution in [0.3, 0.4) is 0 Å². The lowest BCUT2D eigenvalue weighted by molar-refractivity contribution is -0.145. The van der Waals surface area contributed by atoms with E-state index in [-0.39, 0.29) is 12.4 Å². The van der Waals surface area contributed by atoms with Crippen LogP contribution in [0.15, 0.2) is 41.1 Å². The number of carboxylic acids is 1. The summed E-state index contributed by atoms with van der Waals surface area (Å²) >= 11 is 0. The maximum Gasteiger partial charge on any atom is 0.370 e. The third-order valence-corrected chi connectivity index (χ3v) is 4.98. The Labute approximate surface area is 195 Å². The van der Waals surface area contributed by atoms with Crippen molar-refractivity contribution in [2.24, 2.45) is 10.7 Å². The highest BCUT2D eigenvalue weighted by Crippen LogP contribution is 2.25. The van der Waals surface area contributed by atoms with Gasteiger partial charge in [0.2, 0.25) is 17.6 Å². The molecule has 0 radical (unpaired) electrons. The number of anilines is 1. The summed E-state index contributed by atoms with van der Waals surface area (Å²) in [6.07, 6.45) is -3.44. The number of nitrogens with two attached hydrogens (primary N) is 2. The lowest BCUT2D eigenvalue weighted by atomic mass is 9.92. The number of rotatable bonds is 9. The van der Waals surface area contributed by atoms with Crippen molar-refractivity contribution < 1.29 is 39.5 Å². The van der Waals surface area contributed by atoms with Crippen LogP contribution in [0.5, 0.6) is 0 Å². The number of aliphatic carboxylic acids is 1. The molecule has 13 heteroatoms. The van der Waals surface area contributed by atoms with Gasteiger partial charge in [-0.2, -0.15) is 0 Å². The predicted molar refractivity (Wildman–Crippen MR) is 120 cm³/mol. The largest absolute Gasteiger partial charge is 0.478 e. The van der Waals surface area contributed by atoms with Gasteiger partial charge in [-0.05, 0) is 30.2 Å². The number of amides is 2. The van der Waals surface area contributed by atoms with Crippen molar-refractivity contribution in [1.29, 1.82) is 0 Å². The first kappa shape index (κ1) is 26.6. The van der Waals surface area contributed by atoms with Crippen LogP contribution >= 0.6 is 0 Å². The summed E-state index contributed by atoms with van der Waals surface area (Å²) in [4.78, 5) is 39.6. The summed E-state index contributed by atoms with van der Waals surface area (Å²) in [7, 11) is 0. The molecular weight excluding hydrogens is 450 g/mol. The van der Waals surface area contributed by atoms with Gasteiger partial charge in [0.15, 0.2) is 5.96 Å². The molecule has 13 nitrogen and oxygen atoms in total. The summed E-state index contributed by atoms with van der Waals surface area (Å²) < 4.78 is 5.25. The first-order valence-electron chi connectivity index (χ1n) is 10.3. The van der Waals surface area contributed by atoms with Crippen molar-refractivity contribution in [3.05, 3.63) is 41.7 Å². The van der Waals surface area contributed by atoms with Gasteiger partial charge in [0.1, 0.15) is 18.3 Å². The van der Waals surface area contributed by atoms with Crippen LogP contribution in [-0.4, -0.2) is 81.2 Å². The molecular formula is C21H29N5O8. The summed E-state index contributed by atoms with van der Waals surface area (Å²) in [6, 6.07) is 4.62. The van der Waals surface area contributed by atoms with Crippen LogP contribution in [0, 0.1) is 0 Å². The number of aliphatic hydroxyl groups is 3. The molecule has 0 aliphatic carbocycles. The number of hydrogen-bond acceptors (Lipinski definition) is 9. The number of nitrogens with zero attached hydrogens (tertiary/aromatic N) is 1. The third-order valence-electron chi connectivity index (χ3n) is 4.98. The normalized spacial score (nSPS) is 22.1. The minimum absolute atomic E-state index is 0.0727. The number of nitrogens with one attached hydrogen (secondary N) is 2. The molecule has 1 aliphatic heterocycles. The molecule has 0 fully saturated rings. The van der Waals surface area contributed by atoms with Crippen LogP contribution in [0.1, 0.15) is 18.9 Å². The first-order chi connectivity index (χ1) is 16.0. The van der Waals surface area contributed by atoms with Gasteiger partial charge in [-0.15, -0.1) is 0 Å². The molecule has 2 rings (SSSR count). The smallest absolute Gasteiger partial charge is 0.370 e. The van der Waals surface area contributed by atoms with Crippen molar-refractivity contribution in [3.63, 3.8) is 0 Å². The number of guanidine groups is 1. The van der Waals surface area contributed by atoms with Gasteiger partial charge in [0.25, 0.3) is 0 Å². The lowest BCUT2D eigenvalue weighted by Gasteiger charge is -2.38. The lowest BCUT2D eigenvalue weighted by Crippen LogP contribution is -2.60. The van der Waals surface area contributed by atoms with Crippen LogP contribution in [-0.2, 0) is 25.5 Å². The van der Waals surface area contributed by atoms with E-state index < -0.39 is 60.5 Å². The Morgan fingerprint density at radius 1 is 1.21 bits per heavy atom. The van der Waals surface area contributed by atoms with Crippen molar-refractivity contribution in [1.82, 2.24) is 10.6 Å². The Bertz CT molecular complexity index is 949. The van der Waals surface area contributed by atoms with E-state index in [0.29, 0.717) is 12.1 Å². The molecule has 1 aliphatic rings. The van der Waals surface area contributed by atoms with Crippen LogP contribution in [0.25, 0.3) is 0 Å². The Morgan fingerprint density at radius 2 is 1.85 bits per heavy atom. The molecule has 10 N–H and O–H groups in total. The fourth-order valence-corrected chi connectivity index (χ4v) is 3.30. The maximum absolute atomic E-state index is 12.3. The quantitative estimate of drug-likeness (QED) is 0.106. The molecule has 1 heterocycles. The summed E-state index contributed by atoms with van der Waals surface area (Å²) in [6.45, 7) is 0.325. The van der Waals surface area contributed by atoms with Crippen molar-refractivity contribution in [2.75, 3.05) is 12.3 Å². The second kappa shape index (κ2) is 12.0. The predicted octanol–water partition coefficient (Wildman–Crippen LogP) is -2.41. The average molecular weight is 479 g/mol. The number of nitrogen functional groups attached to an aromatic ring is 1. The van der Waals surface area contributed by atoms with E-state index >= 15 is 0 Å². The zero-order valence-electron chi connectivity index (χ0n) is 18.4. The second-order valence-electron chi connectivity index (χ2n) is 7.68. The number of carbonyl (C=O) groups excluding carboxylic acids is 2. The topological polar surface area (TPSA) is 230 Å². The van der Waals surface area contributed by atoms with Gasteiger partial charge >= 0.3 is 5.97 Å². The van der Waals surface area contributed by atoms with Gasteiger partial charge in [-0.3, -0.25) is 14.9 Å². The summed E-state index contributed by atoms with van der Waals surface area (Å²) in [5.74, 6) is -3.50. The van der Waals surface area contributed by atoms with Crippen molar-refractivity contribution >= 4 is 29.4 Å². The van der Waals surface area contributed by atoms with Gasteiger partial charge in [0.05, 0.1) is 18.7 Å².